The van der Waals surface area contributed by atoms with Crippen molar-refractivity contribution in [2.75, 3.05) is 0 Å². The van der Waals surface area contributed by atoms with E-state index in [4.69, 9.17) is 22.1 Å². The molecule has 2 N–H and O–H groups in total. The maximum absolute atomic E-state index is 5.87. The molecule has 2 aromatic rings. The lowest BCUT2D eigenvalue weighted by molar-refractivity contribution is 0.454. The van der Waals surface area contributed by atoms with Gasteiger partial charge in [0, 0.05) is 17.8 Å². The van der Waals surface area contributed by atoms with Gasteiger partial charge in [-0.25, -0.2) is 4.98 Å². The molecule has 88 valence electrons. The molecule has 0 spiro atoms. The summed E-state index contributed by atoms with van der Waals surface area (Å²) in [5, 5.41) is 0.677. The van der Waals surface area contributed by atoms with Crippen LogP contribution in [0.5, 0.6) is 11.6 Å². The summed E-state index contributed by atoms with van der Waals surface area (Å²) in [7, 11) is 0. The van der Waals surface area contributed by atoms with Crippen LogP contribution in [-0.4, -0.2) is 9.97 Å². The highest BCUT2D eigenvalue weighted by Crippen LogP contribution is 2.25. The van der Waals surface area contributed by atoms with Crippen LogP contribution in [0.25, 0.3) is 0 Å². The molecule has 0 fully saturated rings. The van der Waals surface area contributed by atoms with E-state index in [1.165, 1.54) is 0 Å². The molecule has 0 aliphatic carbocycles. The maximum atomic E-state index is 5.87. The average Bonchev–Trinajstić information content (AvgIpc) is 2.33. The summed E-state index contributed by atoms with van der Waals surface area (Å²) in [6.07, 6.45) is 3.16. The van der Waals surface area contributed by atoms with Gasteiger partial charge < -0.3 is 10.5 Å². The van der Waals surface area contributed by atoms with E-state index in [1.54, 1.807) is 24.5 Å². The fraction of sp³-hybridized carbons (Fsp3) is 0.167. The van der Waals surface area contributed by atoms with Gasteiger partial charge in [0.25, 0.3) is 0 Å². The van der Waals surface area contributed by atoms with E-state index in [0.29, 0.717) is 28.9 Å². The molecule has 4 nitrogen and oxygen atoms in total. The molecule has 0 saturated carbocycles. The molecule has 2 rings (SSSR count). The zero-order valence-corrected chi connectivity index (χ0v) is 10.1. The topological polar surface area (TPSA) is 61.0 Å². The quantitative estimate of drug-likeness (QED) is 0.909. The molecule has 1 aromatic heterocycles. The standard InChI is InChI=1S/C12H12ClN3O/c1-8-4-9(13)2-3-11(8)17-12-7-15-6-10(5-14)16-12/h2-4,6-7H,5,14H2,1H3. The van der Waals surface area contributed by atoms with E-state index in [1.807, 2.05) is 13.0 Å². The predicted molar refractivity (Wildman–Crippen MR) is 66.2 cm³/mol. The summed E-state index contributed by atoms with van der Waals surface area (Å²) >= 11 is 5.87. The van der Waals surface area contributed by atoms with Crippen LogP contribution in [0, 0.1) is 6.92 Å². The number of rotatable bonds is 3. The number of aryl methyl sites for hydroxylation is 1. The second-order valence-corrected chi connectivity index (χ2v) is 4.00. The van der Waals surface area contributed by atoms with Crippen LogP contribution in [0.15, 0.2) is 30.6 Å². The van der Waals surface area contributed by atoms with Gasteiger partial charge >= 0.3 is 0 Å². The lowest BCUT2D eigenvalue weighted by atomic mass is 10.2. The van der Waals surface area contributed by atoms with Gasteiger partial charge in [0.15, 0.2) is 0 Å². The van der Waals surface area contributed by atoms with E-state index in [-0.39, 0.29) is 0 Å². The third kappa shape index (κ3) is 2.93. The van der Waals surface area contributed by atoms with Crippen molar-refractivity contribution in [2.24, 2.45) is 5.73 Å². The van der Waals surface area contributed by atoms with Crippen LogP contribution in [-0.2, 0) is 6.54 Å². The van der Waals surface area contributed by atoms with Crippen LogP contribution in [0.2, 0.25) is 5.02 Å². The zero-order chi connectivity index (χ0) is 12.3. The molecule has 0 atom stereocenters. The van der Waals surface area contributed by atoms with E-state index >= 15 is 0 Å². The second-order valence-electron chi connectivity index (χ2n) is 3.56. The maximum Gasteiger partial charge on any atom is 0.238 e. The summed E-state index contributed by atoms with van der Waals surface area (Å²) < 4.78 is 5.62. The Balaban J connectivity index is 2.25. The SMILES string of the molecule is Cc1cc(Cl)ccc1Oc1cncc(CN)n1. The van der Waals surface area contributed by atoms with Gasteiger partial charge in [0.1, 0.15) is 5.75 Å². The molecule has 0 aliphatic rings. The van der Waals surface area contributed by atoms with Gasteiger partial charge in [-0.05, 0) is 30.7 Å². The van der Waals surface area contributed by atoms with E-state index in [2.05, 4.69) is 9.97 Å². The van der Waals surface area contributed by atoms with Crippen molar-refractivity contribution in [3.63, 3.8) is 0 Å². The largest absolute Gasteiger partial charge is 0.437 e. The Kier molecular flexibility index (Phi) is 3.56. The third-order valence-electron chi connectivity index (χ3n) is 2.22. The Morgan fingerprint density at radius 1 is 1.35 bits per heavy atom. The fourth-order valence-electron chi connectivity index (χ4n) is 1.37. The normalized spacial score (nSPS) is 10.3. The van der Waals surface area contributed by atoms with Crippen LogP contribution in [0.3, 0.4) is 0 Å². The lowest BCUT2D eigenvalue weighted by Crippen LogP contribution is -2.01. The van der Waals surface area contributed by atoms with Gasteiger partial charge in [-0.15, -0.1) is 0 Å². The molecule has 0 radical (unpaired) electrons. The first-order valence-electron chi connectivity index (χ1n) is 5.14. The first kappa shape index (κ1) is 11.8. The van der Waals surface area contributed by atoms with Crippen molar-refractivity contribution in [1.29, 1.82) is 0 Å². The average molecular weight is 250 g/mol. The van der Waals surface area contributed by atoms with Crippen molar-refractivity contribution in [1.82, 2.24) is 9.97 Å². The molecule has 0 bridgehead atoms. The number of hydrogen-bond donors (Lipinski definition) is 1. The van der Waals surface area contributed by atoms with Gasteiger partial charge in [0.05, 0.1) is 11.9 Å². The van der Waals surface area contributed by atoms with Crippen molar-refractivity contribution in [2.45, 2.75) is 13.5 Å². The number of benzene rings is 1. The molecule has 1 aromatic carbocycles. The summed E-state index contributed by atoms with van der Waals surface area (Å²) in [4.78, 5) is 8.21. The molecule has 0 aliphatic heterocycles. The predicted octanol–water partition coefficient (Wildman–Crippen LogP) is 2.69. The van der Waals surface area contributed by atoms with Crippen LogP contribution >= 0.6 is 11.6 Å². The van der Waals surface area contributed by atoms with Crippen LogP contribution in [0.4, 0.5) is 0 Å². The molecule has 0 saturated heterocycles. The van der Waals surface area contributed by atoms with E-state index in [9.17, 15) is 0 Å². The van der Waals surface area contributed by atoms with Crippen LogP contribution in [0.1, 0.15) is 11.3 Å². The number of aromatic nitrogens is 2. The highest BCUT2D eigenvalue weighted by Gasteiger charge is 2.04. The van der Waals surface area contributed by atoms with Crippen LogP contribution < -0.4 is 10.5 Å². The summed E-state index contributed by atoms with van der Waals surface area (Å²) in [5.41, 5.74) is 7.12. The molecular weight excluding hydrogens is 238 g/mol. The first-order valence-corrected chi connectivity index (χ1v) is 5.52. The number of ether oxygens (including phenoxy) is 1. The monoisotopic (exact) mass is 249 g/mol. The van der Waals surface area contributed by atoms with Crippen molar-refractivity contribution >= 4 is 11.6 Å². The Morgan fingerprint density at radius 3 is 2.88 bits per heavy atom. The minimum atomic E-state index is 0.337. The van der Waals surface area contributed by atoms with Gasteiger partial charge in [0.2, 0.25) is 5.88 Å². The molecule has 0 unspecified atom stereocenters. The molecule has 1 heterocycles. The van der Waals surface area contributed by atoms with Crippen molar-refractivity contribution in [3.05, 3.63) is 46.9 Å². The number of nitrogens with two attached hydrogens (primary N) is 1. The minimum absolute atomic E-state index is 0.337. The summed E-state index contributed by atoms with van der Waals surface area (Å²) in [6.45, 7) is 2.26. The highest BCUT2D eigenvalue weighted by atomic mass is 35.5. The van der Waals surface area contributed by atoms with Gasteiger partial charge in [-0.3, -0.25) is 4.98 Å². The Labute approximate surface area is 104 Å². The van der Waals surface area contributed by atoms with Crippen molar-refractivity contribution < 1.29 is 4.74 Å². The third-order valence-corrected chi connectivity index (χ3v) is 2.46. The Hall–Kier alpha value is -1.65. The highest BCUT2D eigenvalue weighted by molar-refractivity contribution is 6.30. The molecule has 5 heteroatoms. The summed E-state index contributed by atoms with van der Waals surface area (Å²) in [6, 6.07) is 5.40. The van der Waals surface area contributed by atoms with Crippen molar-refractivity contribution in [3.8, 4) is 11.6 Å². The van der Waals surface area contributed by atoms with Gasteiger partial charge in [-0.1, -0.05) is 11.6 Å². The summed E-state index contributed by atoms with van der Waals surface area (Å²) in [5.74, 6) is 1.14. The number of halogens is 1. The first-order chi connectivity index (χ1) is 8.19. The molecular formula is C12H12ClN3O. The molecule has 0 amide bonds. The minimum Gasteiger partial charge on any atom is -0.437 e. The van der Waals surface area contributed by atoms with Gasteiger partial charge in [-0.2, -0.15) is 0 Å². The number of hydrogen-bond acceptors (Lipinski definition) is 4. The smallest absolute Gasteiger partial charge is 0.238 e. The molecule has 17 heavy (non-hydrogen) atoms. The Morgan fingerprint density at radius 2 is 2.18 bits per heavy atom. The fourth-order valence-corrected chi connectivity index (χ4v) is 1.60. The number of nitrogens with zero attached hydrogens (tertiary/aromatic N) is 2. The van der Waals surface area contributed by atoms with E-state index < -0.39 is 0 Å². The zero-order valence-electron chi connectivity index (χ0n) is 9.35. The second kappa shape index (κ2) is 5.12. The van der Waals surface area contributed by atoms with E-state index in [0.717, 1.165) is 5.56 Å². The Bertz CT molecular complexity index is 531. The lowest BCUT2D eigenvalue weighted by Gasteiger charge is -2.08.